The molecule has 1 aliphatic rings. The van der Waals surface area contributed by atoms with Crippen LogP contribution in [-0.4, -0.2) is 60.7 Å². The molecule has 0 radical (unpaired) electrons. The Morgan fingerprint density at radius 1 is 1.28 bits per heavy atom. The molecule has 8 heteroatoms. The van der Waals surface area contributed by atoms with Crippen LogP contribution in [0.2, 0.25) is 0 Å². The van der Waals surface area contributed by atoms with Gasteiger partial charge in [0, 0.05) is 19.7 Å². The van der Waals surface area contributed by atoms with Crippen LogP contribution in [0.1, 0.15) is 30.1 Å². The number of hydrogen-bond acceptors (Lipinski definition) is 5. The molecule has 8 nitrogen and oxygen atoms in total. The van der Waals surface area contributed by atoms with Crippen molar-refractivity contribution in [3.05, 3.63) is 23.8 Å². The molecule has 1 heterocycles. The highest BCUT2D eigenvalue weighted by Gasteiger charge is 2.35. The molecule has 0 saturated carbocycles. The second kappa shape index (κ2) is 7.98. The first-order valence-electron chi connectivity index (χ1n) is 8.01. The average Bonchev–Trinajstić information content (AvgIpc) is 3.06. The van der Waals surface area contributed by atoms with Gasteiger partial charge < -0.3 is 24.8 Å². The van der Waals surface area contributed by atoms with E-state index >= 15 is 0 Å². The normalized spacial score (nSPS) is 19.3. The van der Waals surface area contributed by atoms with Crippen molar-refractivity contribution in [2.45, 2.75) is 32.0 Å². The van der Waals surface area contributed by atoms with E-state index in [0.717, 1.165) is 0 Å². The van der Waals surface area contributed by atoms with Crippen molar-refractivity contribution in [3.8, 4) is 5.75 Å². The molecule has 2 rings (SSSR count). The molecule has 0 unspecified atom stereocenters. The molecule has 1 saturated heterocycles. The zero-order valence-electron chi connectivity index (χ0n) is 14.4. The Labute approximate surface area is 145 Å². The number of carboxylic acid groups (broad SMARTS) is 1. The Hall–Kier alpha value is -2.61. The van der Waals surface area contributed by atoms with Gasteiger partial charge in [-0.1, -0.05) is 0 Å². The maximum atomic E-state index is 12.3. The SMILES string of the molecule is CCOc1cc(C(=O)N(C)C)ccc1NC(=O)[C@@H]1CC[C@H](C(=O)O)O1. The second-order valence-electron chi connectivity index (χ2n) is 5.86. The number of nitrogens with one attached hydrogen (secondary N) is 1. The molecule has 1 aliphatic heterocycles. The fourth-order valence-corrected chi connectivity index (χ4v) is 2.52. The number of hydrogen-bond donors (Lipinski definition) is 2. The molecule has 0 bridgehead atoms. The number of amides is 2. The molecule has 25 heavy (non-hydrogen) atoms. The Morgan fingerprint density at radius 2 is 1.96 bits per heavy atom. The first-order chi connectivity index (χ1) is 11.8. The van der Waals surface area contributed by atoms with Gasteiger partial charge in [-0.25, -0.2) is 4.79 Å². The summed E-state index contributed by atoms with van der Waals surface area (Å²) in [5.74, 6) is -1.31. The number of rotatable bonds is 6. The third kappa shape index (κ3) is 4.48. The first-order valence-corrected chi connectivity index (χ1v) is 8.01. The van der Waals surface area contributed by atoms with Crippen molar-refractivity contribution >= 4 is 23.5 Å². The summed E-state index contributed by atoms with van der Waals surface area (Å²) in [4.78, 5) is 36.7. The summed E-state index contributed by atoms with van der Waals surface area (Å²) in [6.45, 7) is 2.16. The average molecular weight is 350 g/mol. The summed E-state index contributed by atoms with van der Waals surface area (Å²) in [5.41, 5.74) is 0.846. The Kier molecular flexibility index (Phi) is 5.97. The minimum absolute atomic E-state index is 0.178. The predicted molar refractivity (Wildman–Crippen MR) is 89.8 cm³/mol. The lowest BCUT2D eigenvalue weighted by Crippen LogP contribution is -2.30. The third-order valence-electron chi connectivity index (χ3n) is 3.78. The van der Waals surface area contributed by atoms with Gasteiger partial charge in [0.25, 0.3) is 11.8 Å². The van der Waals surface area contributed by atoms with Crippen LogP contribution < -0.4 is 10.1 Å². The largest absolute Gasteiger partial charge is 0.492 e. The summed E-state index contributed by atoms with van der Waals surface area (Å²) >= 11 is 0. The summed E-state index contributed by atoms with van der Waals surface area (Å²) in [7, 11) is 3.29. The van der Waals surface area contributed by atoms with Gasteiger partial charge in [0.2, 0.25) is 0 Å². The monoisotopic (exact) mass is 350 g/mol. The summed E-state index contributed by atoms with van der Waals surface area (Å²) in [6, 6.07) is 4.75. The molecule has 1 aromatic carbocycles. The molecular formula is C17H22N2O6. The van der Waals surface area contributed by atoms with Crippen molar-refractivity contribution in [1.29, 1.82) is 0 Å². The van der Waals surface area contributed by atoms with Gasteiger partial charge in [-0.15, -0.1) is 0 Å². The molecule has 1 aromatic rings. The Morgan fingerprint density at radius 3 is 2.52 bits per heavy atom. The lowest BCUT2D eigenvalue weighted by molar-refractivity contribution is -0.150. The molecule has 2 amide bonds. The quantitative estimate of drug-likeness (QED) is 0.802. The highest BCUT2D eigenvalue weighted by molar-refractivity contribution is 5.98. The van der Waals surface area contributed by atoms with Crippen molar-refractivity contribution in [2.24, 2.45) is 0 Å². The van der Waals surface area contributed by atoms with Crippen LogP contribution in [0.25, 0.3) is 0 Å². The van der Waals surface area contributed by atoms with Gasteiger partial charge in [0.1, 0.15) is 11.9 Å². The van der Waals surface area contributed by atoms with E-state index in [1.54, 1.807) is 39.2 Å². The predicted octanol–water partition coefficient (Wildman–Crippen LogP) is 1.36. The fourth-order valence-electron chi connectivity index (χ4n) is 2.52. The van der Waals surface area contributed by atoms with Crippen molar-refractivity contribution in [2.75, 3.05) is 26.0 Å². The van der Waals surface area contributed by atoms with E-state index in [2.05, 4.69) is 5.32 Å². The van der Waals surface area contributed by atoms with Gasteiger partial charge in [-0.2, -0.15) is 0 Å². The minimum Gasteiger partial charge on any atom is -0.492 e. The van der Waals surface area contributed by atoms with E-state index in [1.165, 1.54) is 4.90 Å². The number of carbonyl (C=O) groups excluding carboxylic acids is 2. The van der Waals surface area contributed by atoms with E-state index in [0.29, 0.717) is 36.4 Å². The molecule has 0 aromatic heterocycles. The lowest BCUT2D eigenvalue weighted by atomic mass is 10.1. The lowest BCUT2D eigenvalue weighted by Gasteiger charge is -2.17. The molecule has 0 aliphatic carbocycles. The van der Waals surface area contributed by atoms with E-state index < -0.39 is 24.1 Å². The molecular weight excluding hydrogens is 328 g/mol. The first kappa shape index (κ1) is 18.7. The highest BCUT2D eigenvalue weighted by Crippen LogP contribution is 2.28. The van der Waals surface area contributed by atoms with Gasteiger partial charge in [-0.05, 0) is 38.0 Å². The topological polar surface area (TPSA) is 105 Å². The van der Waals surface area contributed by atoms with E-state index in [9.17, 15) is 14.4 Å². The Balaban J connectivity index is 2.14. The van der Waals surface area contributed by atoms with Gasteiger partial charge >= 0.3 is 5.97 Å². The van der Waals surface area contributed by atoms with Crippen LogP contribution in [0.4, 0.5) is 5.69 Å². The zero-order valence-corrected chi connectivity index (χ0v) is 14.4. The number of nitrogens with zero attached hydrogens (tertiary/aromatic N) is 1. The molecule has 1 fully saturated rings. The summed E-state index contributed by atoms with van der Waals surface area (Å²) in [6.07, 6.45) is -1.15. The second-order valence-corrected chi connectivity index (χ2v) is 5.86. The number of benzene rings is 1. The third-order valence-corrected chi connectivity index (χ3v) is 3.78. The summed E-state index contributed by atoms with van der Waals surface area (Å²) < 4.78 is 10.7. The van der Waals surface area contributed by atoms with Gasteiger partial charge in [0.05, 0.1) is 12.3 Å². The van der Waals surface area contributed by atoms with Gasteiger partial charge in [-0.3, -0.25) is 9.59 Å². The molecule has 2 atom stereocenters. The fraction of sp³-hybridized carbons (Fsp3) is 0.471. The highest BCUT2D eigenvalue weighted by atomic mass is 16.5. The Bertz CT molecular complexity index is 673. The van der Waals surface area contributed by atoms with E-state index in [-0.39, 0.29) is 5.91 Å². The zero-order chi connectivity index (χ0) is 18.6. The molecule has 136 valence electrons. The number of carbonyl (C=O) groups is 3. The smallest absolute Gasteiger partial charge is 0.332 e. The standard InChI is InChI=1S/C17H22N2O6/c1-4-24-14-9-10(16(21)19(2)3)5-6-11(14)18-15(20)12-7-8-13(25-12)17(22)23/h5-6,9,12-13H,4,7-8H2,1-3H3,(H,18,20)(H,22,23)/t12-,13+/m0/s1. The van der Waals surface area contributed by atoms with Crippen LogP contribution in [0.15, 0.2) is 18.2 Å². The van der Waals surface area contributed by atoms with Crippen LogP contribution in [-0.2, 0) is 14.3 Å². The van der Waals surface area contributed by atoms with Crippen molar-refractivity contribution < 1.29 is 29.0 Å². The maximum absolute atomic E-state index is 12.3. The van der Waals surface area contributed by atoms with Crippen LogP contribution in [0.5, 0.6) is 5.75 Å². The van der Waals surface area contributed by atoms with E-state index in [1.807, 2.05) is 0 Å². The van der Waals surface area contributed by atoms with Crippen molar-refractivity contribution in [3.63, 3.8) is 0 Å². The van der Waals surface area contributed by atoms with Crippen LogP contribution in [0, 0.1) is 0 Å². The minimum atomic E-state index is -1.07. The number of ether oxygens (including phenoxy) is 2. The van der Waals surface area contributed by atoms with Crippen LogP contribution in [0.3, 0.4) is 0 Å². The molecule has 0 spiro atoms. The van der Waals surface area contributed by atoms with Crippen molar-refractivity contribution in [1.82, 2.24) is 4.90 Å². The van der Waals surface area contributed by atoms with E-state index in [4.69, 9.17) is 14.6 Å². The number of aliphatic carboxylic acids is 1. The number of carboxylic acids is 1. The number of anilines is 1. The maximum Gasteiger partial charge on any atom is 0.332 e. The van der Waals surface area contributed by atoms with Gasteiger partial charge in [0.15, 0.2) is 6.10 Å². The summed E-state index contributed by atoms with van der Waals surface area (Å²) in [5, 5.41) is 11.6. The van der Waals surface area contributed by atoms with Crippen LogP contribution >= 0.6 is 0 Å². The molecule has 2 N–H and O–H groups in total.